The standard InChI is InChI=1S/C16H24N2O2/c1-17(2)12-16(19)18-9-7-13(8-10-18)14-5-4-6-15(11-14)20-3/h4-6,11,13H,7-10,12H2,1-3H3. The van der Waals surface area contributed by atoms with Gasteiger partial charge in [0.2, 0.25) is 5.91 Å². The lowest BCUT2D eigenvalue weighted by Gasteiger charge is -2.33. The van der Waals surface area contributed by atoms with Gasteiger partial charge in [0.1, 0.15) is 5.75 Å². The lowest BCUT2D eigenvalue weighted by molar-refractivity contribution is -0.132. The number of benzene rings is 1. The number of carbonyl (C=O) groups excluding carboxylic acids is 1. The first-order valence-electron chi connectivity index (χ1n) is 7.16. The largest absolute Gasteiger partial charge is 0.497 e. The molecule has 1 aliphatic rings. The number of likely N-dealkylation sites (tertiary alicyclic amines) is 1. The van der Waals surface area contributed by atoms with Gasteiger partial charge in [0.05, 0.1) is 13.7 Å². The molecular weight excluding hydrogens is 252 g/mol. The zero-order valence-corrected chi connectivity index (χ0v) is 12.6. The van der Waals surface area contributed by atoms with Crippen molar-refractivity contribution in [3.8, 4) is 5.75 Å². The van der Waals surface area contributed by atoms with Gasteiger partial charge in [-0.25, -0.2) is 0 Å². The lowest BCUT2D eigenvalue weighted by Crippen LogP contribution is -2.42. The van der Waals surface area contributed by atoms with Crippen LogP contribution in [0.4, 0.5) is 0 Å². The Morgan fingerprint density at radius 2 is 2.05 bits per heavy atom. The first kappa shape index (κ1) is 14.9. The number of nitrogens with zero attached hydrogens (tertiary/aromatic N) is 2. The average Bonchev–Trinajstić information content (AvgIpc) is 2.47. The van der Waals surface area contributed by atoms with Crippen molar-refractivity contribution in [1.29, 1.82) is 0 Å². The van der Waals surface area contributed by atoms with Crippen molar-refractivity contribution in [1.82, 2.24) is 9.80 Å². The van der Waals surface area contributed by atoms with Gasteiger partial charge in [-0.15, -0.1) is 0 Å². The van der Waals surface area contributed by atoms with Crippen LogP contribution >= 0.6 is 0 Å². The molecule has 0 spiro atoms. The van der Waals surface area contributed by atoms with E-state index in [-0.39, 0.29) is 5.91 Å². The molecule has 4 nitrogen and oxygen atoms in total. The topological polar surface area (TPSA) is 32.8 Å². The number of piperidine rings is 1. The summed E-state index contributed by atoms with van der Waals surface area (Å²) in [6.45, 7) is 2.22. The third kappa shape index (κ3) is 3.73. The van der Waals surface area contributed by atoms with Gasteiger partial charge < -0.3 is 14.5 Å². The maximum Gasteiger partial charge on any atom is 0.236 e. The molecule has 0 aromatic heterocycles. The van der Waals surface area contributed by atoms with Gasteiger partial charge in [0.25, 0.3) is 0 Å². The van der Waals surface area contributed by atoms with Gasteiger partial charge in [0, 0.05) is 13.1 Å². The highest BCUT2D eigenvalue weighted by Gasteiger charge is 2.24. The average molecular weight is 276 g/mol. The minimum absolute atomic E-state index is 0.235. The predicted octanol–water partition coefficient (Wildman–Crippen LogP) is 1.96. The van der Waals surface area contributed by atoms with Gasteiger partial charge in [-0.05, 0) is 50.6 Å². The van der Waals surface area contributed by atoms with E-state index in [2.05, 4.69) is 12.1 Å². The minimum atomic E-state index is 0.235. The number of carbonyl (C=O) groups is 1. The van der Waals surface area contributed by atoms with Crippen molar-refractivity contribution in [2.75, 3.05) is 40.8 Å². The lowest BCUT2D eigenvalue weighted by atomic mass is 9.89. The van der Waals surface area contributed by atoms with Crippen LogP contribution in [0.3, 0.4) is 0 Å². The van der Waals surface area contributed by atoms with E-state index in [0.717, 1.165) is 31.7 Å². The Kier molecular flexibility index (Phi) is 5.01. The van der Waals surface area contributed by atoms with Crippen molar-refractivity contribution in [3.05, 3.63) is 29.8 Å². The number of hydrogen-bond acceptors (Lipinski definition) is 3. The molecule has 1 aliphatic heterocycles. The molecule has 0 bridgehead atoms. The zero-order chi connectivity index (χ0) is 14.5. The molecule has 1 aromatic carbocycles. The van der Waals surface area contributed by atoms with E-state index in [1.165, 1.54) is 5.56 Å². The Balaban J connectivity index is 1.92. The summed E-state index contributed by atoms with van der Waals surface area (Å²) in [6.07, 6.45) is 2.07. The Bertz CT molecular complexity index is 452. The summed E-state index contributed by atoms with van der Waals surface area (Å²) in [6, 6.07) is 8.28. The van der Waals surface area contributed by atoms with Crippen LogP contribution in [-0.2, 0) is 4.79 Å². The highest BCUT2D eigenvalue weighted by molar-refractivity contribution is 5.78. The second-order valence-corrected chi connectivity index (χ2v) is 5.67. The van der Waals surface area contributed by atoms with Crippen LogP contribution in [0.2, 0.25) is 0 Å². The summed E-state index contributed by atoms with van der Waals surface area (Å²) in [7, 11) is 5.56. The van der Waals surface area contributed by atoms with Gasteiger partial charge in [-0.1, -0.05) is 12.1 Å². The monoisotopic (exact) mass is 276 g/mol. The van der Waals surface area contributed by atoms with E-state index < -0.39 is 0 Å². The fraction of sp³-hybridized carbons (Fsp3) is 0.562. The molecule has 0 radical (unpaired) electrons. The maximum absolute atomic E-state index is 12.0. The quantitative estimate of drug-likeness (QED) is 0.843. The van der Waals surface area contributed by atoms with Crippen LogP contribution in [0.1, 0.15) is 24.3 Å². The molecule has 0 saturated carbocycles. The molecule has 110 valence electrons. The van der Waals surface area contributed by atoms with E-state index in [0.29, 0.717) is 12.5 Å². The van der Waals surface area contributed by atoms with Gasteiger partial charge in [-0.2, -0.15) is 0 Å². The summed E-state index contributed by atoms with van der Waals surface area (Å²) < 4.78 is 5.28. The first-order valence-corrected chi connectivity index (χ1v) is 7.16. The SMILES string of the molecule is COc1cccc(C2CCN(C(=O)CN(C)C)CC2)c1. The minimum Gasteiger partial charge on any atom is -0.497 e. The van der Waals surface area contributed by atoms with Crippen LogP contribution in [0.25, 0.3) is 0 Å². The number of hydrogen-bond donors (Lipinski definition) is 0. The molecular formula is C16H24N2O2. The molecule has 0 atom stereocenters. The van der Waals surface area contributed by atoms with E-state index in [1.54, 1.807) is 7.11 Å². The molecule has 0 unspecified atom stereocenters. The molecule has 1 amide bonds. The van der Waals surface area contributed by atoms with Crippen molar-refractivity contribution in [2.45, 2.75) is 18.8 Å². The first-order chi connectivity index (χ1) is 9.60. The highest BCUT2D eigenvalue weighted by Crippen LogP contribution is 2.30. The Morgan fingerprint density at radius 3 is 2.65 bits per heavy atom. The summed E-state index contributed by atoms with van der Waals surface area (Å²) in [4.78, 5) is 15.9. The normalized spacial score (nSPS) is 16.5. The van der Waals surface area contributed by atoms with Crippen LogP contribution in [0, 0.1) is 0 Å². The molecule has 1 heterocycles. The van der Waals surface area contributed by atoms with E-state index in [4.69, 9.17) is 4.74 Å². The molecule has 0 aliphatic carbocycles. The molecule has 0 N–H and O–H groups in total. The summed E-state index contributed by atoms with van der Waals surface area (Å²) in [5.41, 5.74) is 1.32. The van der Waals surface area contributed by atoms with E-state index in [1.807, 2.05) is 36.0 Å². The third-order valence-electron chi connectivity index (χ3n) is 3.86. The maximum atomic E-state index is 12.0. The second-order valence-electron chi connectivity index (χ2n) is 5.67. The van der Waals surface area contributed by atoms with Crippen molar-refractivity contribution in [3.63, 3.8) is 0 Å². The summed E-state index contributed by atoms with van der Waals surface area (Å²) in [5, 5.41) is 0. The van der Waals surface area contributed by atoms with Gasteiger partial charge >= 0.3 is 0 Å². The highest BCUT2D eigenvalue weighted by atomic mass is 16.5. The second kappa shape index (κ2) is 6.75. The number of likely N-dealkylation sites (N-methyl/N-ethyl adjacent to an activating group) is 1. The van der Waals surface area contributed by atoms with Gasteiger partial charge in [0.15, 0.2) is 0 Å². The van der Waals surface area contributed by atoms with Crippen LogP contribution in [0.5, 0.6) is 5.75 Å². The molecule has 1 aromatic rings. The van der Waals surface area contributed by atoms with Gasteiger partial charge in [-0.3, -0.25) is 4.79 Å². The summed E-state index contributed by atoms with van der Waals surface area (Å²) in [5.74, 6) is 1.68. The van der Waals surface area contributed by atoms with E-state index in [9.17, 15) is 4.79 Å². The fourth-order valence-electron chi connectivity index (χ4n) is 2.73. The predicted molar refractivity (Wildman–Crippen MR) is 80.1 cm³/mol. The Hall–Kier alpha value is -1.55. The van der Waals surface area contributed by atoms with Crippen molar-refractivity contribution in [2.24, 2.45) is 0 Å². The van der Waals surface area contributed by atoms with Crippen LogP contribution in [0.15, 0.2) is 24.3 Å². The molecule has 2 rings (SSSR count). The Morgan fingerprint density at radius 1 is 1.35 bits per heavy atom. The number of methoxy groups -OCH3 is 1. The molecule has 1 fully saturated rings. The number of ether oxygens (including phenoxy) is 1. The molecule has 1 saturated heterocycles. The van der Waals surface area contributed by atoms with Crippen LogP contribution in [-0.4, -0.2) is 56.5 Å². The van der Waals surface area contributed by atoms with Crippen molar-refractivity contribution < 1.29 is 9.53 Å². The smallest absolute Gasteiger partial charge is 0.236 e. The molecule has 20 heavy (non-hydrogen) atoms. The van der Waals surface area contributed by atoms with Crippen LogP contribution < -0.4 is 4.74 Å². The Labute approximate surface area is 121 Å². The number of rotatable bonds is 4. The van der Waals surface area contributed by atoms with E-state index >= 15 is 0 Å². The number of amides is 1. The molecule has 4 heteroatoms. The van der Waals surface area contributed by atoms with Crippen molar-refractivity contribution >= 4 is 5.91 Å². The zero-order valence-electron chi connectivity index (χ0n) is 12.6. The third-order valence-corrected chi connectivity index (χ3v) is 3.86. The fourth-order valence-corrected chi connectivity index (χ4v) is 2.73. The summed E-state index contributed by atoms with van der Waals surface area (Å²) >= 11 is 0.